The van der Waals surface area contributed by atoms with Gasteiger partial charge in [-0.2, -0.15) is 0 Å². The molecule has 0 heterocycles. The summed E-state index contributed by atoms with van der Waals surface area (Å²) in [7, 11) is 0. The summed E-state index contributed by atoms with van der Waals surface area (Å²) in [6.45, 7) is 4.75. The lowest BCUT2D eigenvalue weighted by molar-refractivity contribution is 0.201. The van der Waals surface area contributed by atoms with Crippen LogP contribution >= 0.6 is 11.6 Å². The van der Waals surface area contributed by atoms with Gasteiger partial charge in [-0.15, -0.1) is 0 Å². The molecule has 0 N–H and O–H groups in total. The molecule has 4 rings (SSSR count). The first-order valence-corrected chi connectivity index (χ1v) is 11.5. The van der Waals surface area contributed by atoms with Gasteiger partial charge in [0, 0.05) is 10.6 Å². The van der Waals surface area contributed by atoms with E-state index in [1.54, 1.807) is 0 Å². The van der Waals surface area contributed by atoms with E-state index < -0.39 is 0 Å². The van der Waals surface area contributed by atoms with Gasteiger partial charge in [0.15, 0.2) is 0 Å². The molecule has 1 fully saturated rings. The minimum atomic E-state index is 0.576. The maximum absolute atomic E-state index is 6.77. The van der Waals surface area contributed by atoms with Crippen LogP contribution in [0.2, 0.25) is 5.02 Å². The van der Waals surface area contributed by atoms with Gasteiger partial charge in [-0.25, -0.2) is 0 Å². The predicted octanol–water partition coefficient (Wildman–Crippen LogP) is 8.99. The van der Waals surface area contributed by atoms with E-state index in [0.717, 1.165) is 22.4 Å². The Hall–Kier alpha value is -2.05. The lowest BCUT2D eigenvalue weighted by Gasteiger charge is -2.35. The van der Waals surface area contributed by atoms with Gasteiger partial charge in [-0.1, -0.05) is 118 Å². The van der Waals surface area contributed by atoms with Gasteiger partial charge < -0.3 is 0 Å². The zero-order valence-electron chi connectivity index (χ0n) is 17.6. The van der Waals surface area contributed by atoms with E-state index in [-0.39, 0.29) is 0 Å². The van der Waals surface area contributed by atoms with Crippen LogP contribution in [-0.4, -0.2) is 0 Å². The summed E-state index contributed by atoms with van der Waals surface area (Å²) in [5.74, 6) is 2.23. The number of halogens is 1. The molecule has 3 aromatic rings. The molecule has 150 valence electrons. The predicted molar refractivity (Wildman–Crippen MR) is 126 cm³/mol. The van der Waals surface area contributed by atoms with Crippen molar-refractivity contribution in [2.45, 2.75) is 51.9 Å². The van der Waals surface area contributed by atoms with Crippen LogP contribution < -0.4 is 0 Å². The number of hydrogen-bond donors (Lipinski definition) is 0. The Kier molecular flexibility index (Phi) is 6.40. The molecule has 0 aliphatic heterocycles. The third-order valence-electron chi connectivity index (χ3n) is 6.96. The number of benzene rings is 3. The Bertz CT molecular complexity index is 926. The average molecular weight is 403 g/mol. The van der Waals surface area contributed by atoms with E-state index in [0.29, 0.717) is 5.92 Å². The first-order valence-electron chi connectivity index (χ1n) is 11.1. The fraction of sp³-hybridized carbons (Fsp3) is 0.357. The molecule has 0 bridgehead atoms. The third kappa shape index (κ3) is 4.43. The van der Waals surface area contributed by atoms with Crippen molar-refractivity contribution >= 4 is 11.6 Å². The van der Waals surface area contributed by atoms with Crippen molar-refractivity contribution in [1.82, 2.24) is 0 Å². The Morgan fingerprint density at radius 2 is 1.48 bits per heavy atom. The first kappa shape index (κ1) is 20.2. The highest BCUT2D eigenvalue weighted by Gasteiger charge is 2.29. The minimum Gasteiger partial charge on any atom is -0.0837 e. The molecular weight excluding hydrogens is 372 g/mol. The molecule has 0 radical (unpaired) electrons. The van der Waals surface area contributed by atoms with E-state index in [4.69, 9.17) is 11.6 Å². The SMILES string of the molecule is CCC1CCCCC1C(C)c1ccc(-c2ccc(-c3ccccc3)cc2)c(Cl)c1. The zero-order valence-corrected chi connectivity index (χ0v) is 18.3. The number of hydrogen-bond acceptors (Lipinski definition) is 0. The Labute approximate surface area is 180 Å². The lowest BCUT2D eigenvalue weighted by atomic mass is 9.70. The molecule has 0 saturated heterocycles. The molecule has 1 aliphatic rings. The van der Waals surface area contributed by atoms with Crippen LogP contribution in [0.4, 0.5) is 0 Å². The molecular formula is C28H31Cl. The lowest BCUT2D eigenvalue weighted by Crippen LogP contribution is -2.24. The van der Waals surface area contributed by atoms with Gasteiger partial charge in [0.05, 0.1) is 0 Å². The Morgan fingerprint density at radius 3 is 2.17 bits per heavy atom. The first-order chi connectivity index (χ1) is 14.2. The second-order valence-corrected chi connectivity index (χ2v) is 9.00. The van der Waals surface area contributed by atoms with Crippen molar-refractivity contribution in [2.24, 2.45) is 11.8 Å². The van der Waals surface area contributed by atoms with Crippen LogP contribution in [0.15, 0.2) is 72.8 Å². The summed E-state index contributed by atoms with van der Waals surface area (Å²) in [6.07, 6.45) is 6.84. The molecule has 0 aromatic heterocycles. The van der Waals surface area contributed by atoms with Crippen LogP contribution in [0.3, 0.4) is 0 Å². The second kappa shape index (κ2) is 9.18. The summed E-state index contributed by atoms with van der Waals surface area (Å²) in [5.41, 5.74) is 6.17. The highest BCUT2D eigenvalue weighted by atomic mass is 35.5. The summed E-state index contributed by atoms with van der Waals surface area (Å²) >= 11 is 6.77. The highest BCUT2D eigenvalue weighted by molar-refractivity contribution is 6.33. The van der Waals surface area contributed by atoms with Gasteiger partial charge in [0.1, 0.15) is 0 Å². The van der Waals surface area contributed by atoms with Crippen molar-refractivity contribution in [3.63, 3.8) is 0 Å². The second-order valence-electron chi connectivity index (χ2n) is 8.59. The van der Waals surface area contributed by atoms with Crippen LogP contribution in [0.5, 0.6) is 0 Å². The zero-order chi connectivity index (χ0) is 20.2. The topological polar surface area (TPSA) is 0 Å². The van der Waals surface area contributed by atoms with Gasteiger partial charge in [-0.05, 0) is 52.5 Å². The van der Waals surface area contributed by atoms with E-state index in [2.05, 4.69) is 86.6 Å². The molecule has 0 amide bonds. The van der Waals surface area contributed by atoms with E-state index in [1.807, 2.05) is 0 Å². The standard InChI is InChI=1S/C28H31Cl/c1-3-21-9-7-8-12-26(21)20(2)25-17-18-27(28(29)19-25)24-15-13-23(14-16-24)22-10-5-4-6-11-22/h4-6,10-11,13-21,26H,3,7-9,12H2,1-2H3. The van der Waals surface area contributed by atoms with E-state index >= 15 is 0 Å². The van der Waals surface area contributed by atoms with Crippen molar-refractivity contribution in [2.75, 3.05) is 0 Å². The maximum Gasteiger partial charge on any atom is 0.0487 e. The molecule has 3 unspecified atom stereocenters. The maximum atomic E-state index is 6.77. The van der Waals surface area contributed by atoms with Crippen molar-refractivity contribution in [3.8, 4) is 22.3 Å². The monoisotopic (exact) mass is 402 g/mol. The highest BCUT2D eigenvalue weighted by Crippen LogP contribution is 2.42. The Morgan fingerprint density at radius 1 is 0.828 bits per heavy atom. The normalized spacial score (nSPS) is 20.4. The third-order valence-corrected chi connectivity index (χ3v) is 7.27. The van der Waals surface area contributed by atoms with Crippen LogP contribution in [0.1, 0.15) is 57.4 Å². The fourth-order valence-corrected chi connectivity index (χ4v) is 5.47. The van der Waals surface area contributed by atoms with E-state index in [9.17, 15) is 0 Å². The fourth-order valence-electron chi connectivity index (χ4n) is 5.17. The van der Waals surface area contributed by atoms with Gasteiger partial charge >= 0.3 is 0 Å². The molecule has 3 aromatic carbocycles. The van der Waals surface area contributed by atoms with Gasteiger partial charge in [0.25, 0.3) is 0 Å². The van der Waals surface area contributed by atoms with Crippen LogP contribution in [0.25, 0.3) is 22.3 Å². The van der Waals surface area contributed by atoms with Crippen LogP contribution in [0, 0.1) is 11.8 Å². The minimum absolute atomic E-state index is 0.576. The molecule has 1 saturated carbocycles. The van der Waals surface area contributed by atoms with Crippen molar-refractivity contribution < 1.29 is 0 Å². The Balaban J connectivity index is 1.55. The average Bonchev–Trinajstić information content (AvgIpc) is 2.79. The summed E-state index contributed by atoms with van der Waals surface area (Å²) in [4.78, 5) is 0. The van der Waals surface area contributed by atoms with Crippen molar-refractivity contribution in [1.29, 1.82) is 0 Å². The van der Waals surface area contributed by atoms with Gasteiger partial charge in [-0.3, -0.25) is 0 Å². The molecule has 1 heteroatoms. The van der Waals surface area contributed by atoms with Crippen LogP contribution in [-0.2, 0) is 0 Å². The summed E-state index contributed by atoms with van der Waals surface area (Å²) in [6, 6.07) is 26.0. The molecule has 3 atom stereocenters. The number of rotatable bonds is 5. The van der Waals surface area contributed by atoms with E-state index in [1.165, 1.54) is 54.4 Å². The molecule has 1 aliphatic carbocycles. The summed E-state index contributed by atoms with van der Waals surface area (Å²) < 4.78 is 0. The molecule has 0 spiro atoms. The molecule has 0 nitrogen and oxygen atoms in total. The largest absolute Gasteiger partial charge is 0.0837 e. The summed E-state index contributed by atoms with van der Waals surface area (Å²) in [5, 5.41) is 0.866. The quantitative estimate of drug-likeness (QED) is 0.399. The smallest absolute Gasteiger partial charge is 0.0487 e. The van der Waals surface area contributed by atoms with Crippen molar-refractivity contribution in [3.05, 3.63) is 83.4 Å². The van der Waals surface area contributed by atoms with Gasteiger partial charge in [0.2, 0.25) is 0 Å². The molecule has 29 heavy (non-hydrogen) atoms.